The number of halogens is 3. The third kappa shape index (κ3) is 5.39. The highest BCUT2D eigenvalue weighted by atomic mass is 35.5. The van der Waals surface area contributed by atoms with E-state index < -0.39 is 5.41 Å². The Bertz CT molecular complexity index is 703. The second-order valence-electron chi connectivity index (χ2n) is 6.20. The predicted octanol–water partition coefficient (Wildman–Crippen LogP) is 4.12. The van der Waals surface area contributed by atoms with Crippen molar-refractivity contribution >= 4 is 35.6 Å². The van der Waals surface area contributed by atoms with Gasteiger partial charge in [-0.25, -0.2) is 4.39 Å². The van der Waals surface area contributed by atoms with Crippen LogP contribution < -0.4 is 11.1 Å². The third-order valence-electron chi connectivity index (χ3n) is 3.73. The van der Waals surface area contributed by atoms with Crippen LogP contribution in [0.15, 0.2) is 42.5 Å². The lowest BCUT2D eigenvalue weighted by Crippen LogP contribution is -2.37. The molecule has 0 saturated heterocycles. The number of benzene rings is 2. The van der Waals surface area contributed by atoms with Crippen molar-refractivity contribution in [2.45, 2.75) is 25.7 Å². The topological polar surface area (TPSA) is 55.1 Å². The molecule has 2 rings (SSSR count). The van der Waals surface area contributed by atoms with Gasteiger partial charge in [-0.2, -0.15) is 0 Å². The van der Waals surface area contributed by atoms with Gasteiger partial charge in [0.05, 0.1) is 6.42 Å². The summed E-state index contributed by atoms with van der Waals surface area (Å²) in [5, 5.41) is 3.27. The first-order valence-electron chi connectivity index (χ1n) is 7.34. The van der Waals surface area contributed by atoms with Gasteiger partial charge < -0.3 is 11.1 Å². The van der Waals surface area contributed by atoms with Crippen LogP contribution in [0.4, 0.5) is 10.1 Å². The van der Waals surface area contributed by atoms with Crippen molar-refractivity contribution in [3.63, 3.8) is 0 Å². The van der Waals surface area contributed by atoms with E-state index in [1.54, 1.807) is 18.2 Å². The molecule has 0 aromatic heterocycles. The van der Waals surface area contributed by atoms with E-state index in [0.29, 0.717) is 17.3 Å². The summed E-state index contributed by atoms with van der Waals surface area (Å²) in [5.74, 6) is -0.456. The first-order chi connectivity index (χ1) is 10.8. The molecule has 2 aromatic rings. The van der Waals surface area contributed by atoms with Crippen molar-refractivity contribution in [3.05, 3.63) is 64.4 Å². The summed E-state index contributed by atoms with van der Waals surface area (Å²) >= 11 is 6.11. The SMILES string of the molecule is CC(C)(CNC(=O)Cc1ccc(N)cc1)c1ccc(F)cc1Cl.Cl. The minimum absolute atomic E-state index is 0. The number of nitrogens with two attached hydrogens (primary N) is 1. The molecule has 0 aliphatic carbocycles. The molecule has 3 N–H and O–H groups in total. The van der Waals surface area contributed by atoms with Gasteiger partial charge >= 0.3 is 0 Å². The molecule has 0 aliphatic heterocycles. The smallest absolute Gasteiger partial charge is 0.224 e. The highest BCUT2D eigenvalue weighted by molar-refractivity contribution is 6.31. The summed E-state index contributed by atoms with van der Waals surface area (Å²) in [4.78, 5) is 12.1. The van der Waals surface area contributed by atoms with E-state index in [9.17, 15) is 9.18 Å². The van der Waals surface area contributed by atoms with Crippen LogP contribution in [0, 0.1) is 5.82 Å². The molecule has 0 aliphatic rings. The third-order valence-corrected chi connectivity index (χ3v) is 4.04. The maximum absolute atomic E-state index is 13.2. The zero-order chi connectivity index (χ0) is 17.0. The Hall–Kier alpha value is -1.78. The van der Waals surface area contributed by atoms with Gasteiger partial charge in [-0.1, -0.05) is 43.6 Å². The molecule has 0 spiro atoms. The van der Waals surface area contributed by atoms with Crippen LogP contribution in [0.2, 0.25) is 5.02 Å². The minimum atomic E-state index is -0.401. The van der Waals surface area contributed by atoms with Gasteiger partial charge in [0.1, 0.15) is 5.82 Å². The lowest BCUT2D eigenvalue weighted by molar-refractivity contribution is -0.120. The zero-order valence-electron chi connectivity index (χ0n) is 13.6. The summed E-state index contributed by atoms with van der Waals surface area (Å²) in [6.07, 6.45) is 0.285. The molecule has 2 aromatic carbocycles. The number of nitrogen functional groups attached to an aromatic ring is 1. The number of carbonyl (C=O) groups excluding carboxylic acids is 1. The molecule has 130 valence electrons. The van der Waals surface area contributed by atoms with E-state index in [0.717, 1.165) is 11.1 Å². The van der Waals surface area contributed by atoms with Gasteiger partial charge in [0, 0.05) is 22.7 Å². The fourth-order valence-electron chi connectivity index (χ4n) is 2.34. The van der Waals surface area contributed by atoms with Crippen molar-refractivity contribution in [2.24, 2.45) is 0 Å². The van der Waals surface area contributed by atoms with Crippen LogP contribution in [0.1, 0.15) is 25.0 Å². The standard InChI is InChI=1S/C18H20ClFN2O.ClH/c1-18(2,15-8-5-13(20)10-16(15)19)11-22-17(23)9-12-3-6-14(21)7-4-12;/h3-8,10H,9,11,21H2,1-2H3,(H,22,23);1H. The summed E-state index contributed by atoms with van der Waals surface area (Å²) < 4.78 is 13.2. The monoisotopic (exact) mass is 370 g/mol. The average Bonchev–Trinajstić information content (AvgIpc) is 2.47. The number of amides is 1. The molecule has 1 amide bonds. The fraction of sp³-hybridized carbons (Fsp3) is 0.278. The largest absolute Gasteiger partial charge is 0.399 e. The second kappa shape index (κ2) is 8.36. The van der Waals surface area contributed by atoms with Crippen LogP contribution in [0.25, 0.3) is 0 Å². The van der Waals surface area contributed by atoms with E-state index >= 15 is 0 Å². The Kier molecular flexibility index (Phi) is 7.06. The van der Waals surface area contributed by atoms with Crippen LogP contribution in [-0.4, -0.2) is 12.5 Å². The molecular formula is C18H21Cl2FN2O. The molecule has 0 fully saturated rings. The molecule has 0 heterocycles. The van der Waals surface area contributed by atoms with Crippen molar-refractivity contribution in [1.29, 1.82) is 0 Å². The molecule has 0 bridgehead atoms. The minimum Gasteiger partial charge on any atom is -0.399 e. The maximum atomic E-state index is 13.2. The lowest BCUT2D eigenvalue weighted by atomic mass is 9.84. The normalized spacial score (nSPS) is 10.8. The van der Waals surface area contributed by atoms with Crippen molar-refractivity contribution in [3.8, 4) is 0 Å². The molecule has 6 heteroatoms. The van der Waals surface area contributed by atoms with Crippen molar-refractivity contribution in [2.75, 3.05) is 12.3 Å². The number of hydrogen-bond acceptors (Lipinski definition) is 2. The molecule has 24 heavy (non-hydrogen) atoms. The van der Waals surface area contributed by atoms with Crippen LogP contribution in [0.3, 0.4) is 0 Å². The molecular weight excluding hydrogens is 350 g/mol. The summed E-state index contributed by atoms with van der Waals surface area (Å²) in [5.41, 5.74) is 7.59. The Morgan fingerprint density at radius 2 is 1.83 bits per heavy atom. The number of anilines is 1. The van der Waals surface area contributed by atoms with Gasteiger partial charge in [-0.3, -0.25) is 4.79 Å². The average molecular weight is 371 g/mol. The summed E-state index contributed by atoms with van der Waals surface area (Å²) in [6, 6.07) is 11.5. The molecule has 0 atom stereocenters. The van der Waals surface area contributed by atoms with Crippen LogP contribution in [-0.2, 0) is 16.6 Å². The molecule has 0 radical (unpaired) electrons. The fourth-order valence-corrected chi connectivity index (χ4v) is 2.76. The highest BCUT2D eigenvalue weighted by Gasteiger charge is 2.24. The first kappa shape index (κ1) is 20.3. The van der Waals surface area contributed by atoms with Gasteiger partial charge in [0.2, 0.25) is 5.91 Å². The molecule has 0 unspecified atom stereocenters. The van der Waals surface area contributed by atoms with E-state index in [1.807, 2.05) is 26.0 Å². The quantitative estimate of drug-likeness (QED) is 0.777. The van der Waals surface area contributed by atoms with Crippen molar-refractivity contribution in [1.82, 2.24) is 5.32 Å². The number of nitrogens with one attached hydrogen (secondary N) is 1. The Balaban J connectivity index is 0.00000288. The van der Waals surface area contributed by atoms with E-state index in [-0.39, 0.29) is 30.6 Å². The zero-order valence-corrected chi connectivity index (χ0v) is 15.2. The van der Waals surface area contributed by atoms with Gasteiger partial charge in [0.25, 0.3) is 0 Å². The van der Waals surface area contributed by atoms with Gasteiger partial charge in [0.15, 0.2) is 0 Å². The van der Waals surface area contributed by atoms with E-state index in [1.165, 1.54) is 12.1 Å². The lowest BCUT2D eigenvalue weighted by Gasteiger charge is -2.26. The van der Waals surface area contributed by atoms with E-state index in [2.05, 4.69) is 5.32 Å². The van der Waals surface area contributed by atoms with Gasteiger partial charge in [-0.15, -0.1) is 12.4 Å². The Morgan fingerprint density at radius 3 is 2.42 bits per heavy atom. The number of hydrogen-bond donors (Lipinski definition) is 2. The van der Waals surface area contributed by atoms with Crippen molar-refractivity contribution < 1.29 is 9.18 Å². The predicted molar refractivity (Wildman–Crippen MR) is 99.3 cm³/mol. The van der Waals surface area contributed by atoms with Crippen LogP contribution >= 0.6 is 24.0 Å². The van der Waals surface area contributed by atoms with Crippen LogP contribution in [0.5, 0.6) is 0 Å². The highest BCUT2D eigenvalue weighted by Crippen LogP contribution is 2.29. The summed E-state index contributed by atoms with van der Waals surface area (Å²) in [6.45, 7) is 4.32. The second-order valence-corrected chi connectivity index (χ2v) is 6.61. The maximum Gasteiger partial charge on any atom is 0.224 e. The number of rotatable bonds is 5. The number of carbonyl (C=O) groups is 1. The molecule has 3 nitrogen and oxygen atoms in total. The Morgan fingerprint density at radius 1 is 1.21 bits per heavy atom. The summed E-state index contributed by atoms with van der Waals surface area (Å²) in [7, 11) is 0. The van der Waals surface area contributed by atoms with Gasteiger partial charge in [-0.05, 0) is 35.4 Å². The Labute approximate surface area is 152 Å². The molecule has 0 saturated carbocycles. The van der Waals surface area contributed by atoms with E-state index in [4.69, 9.17) is 17.3 Å². The first-order valence-corrected chi connectivity index (χ1v) is 7.72.